The van der Waals surface area contributed by atoms with E-state index in [-0.39, 0.29) is 0 Å². The van der Waals surface area contributed by atoms with Crippen LogP contribution in [0.2, 0.25) is 0 Å². The van der Waals surface area contributed by atoms with Crippen LogP contribution in [0.3, 0.4) is 0 Å². The van der Waals surface area contributed by atoms with Gasteiger partial charge in [0, 0.05) is 30.4 Å². The lowest BCUT2D eigenvalue weighted by molar-refractivity contribution is 0.0525. The predicted molar refractivity (Wildman–Crippen MR) is 88.7 cm³/mol. The van der Waals surface area contributed by atoms with Crippen molar-refractivity contribution < 1.29 is 9.53 Å². The van der Waals surface area contributed by atoms with Crippen LogP contribution in [-0.2, 0) is 4.74 Å². The molecule has 0 spiro atoms. The molecule has 0 atom stereocenters. The van der Waals surface area contributed by atoms with Gasteiger partial charge in [0.05, 0.1) is 24.1 Å². The highest BCUT2D eigenvalue weighted by atomic mass is 16.5. The van der Waals surface area contributed by atoms with E-state index in [0.717, 1.165) is 11.3 Å². The van der Waals surface area contributed by atoms with Crippen LogP contribution in [0.5, 0.6) is 0 Å². The number of rotatable bonds is 5. The van der Waals surface area contributed by atoms with Gasteiger partial charge in [-0.05, 0) is 31.2 Å². The molecule has 7 heteroatoms. The van der Waals surface area contributed by atoms with E-state index >= 15 is 0 Å². The number of nitrogens with one attached hydrogen (secondary N) is 1. The number of nitrogens with zero attached hydrogens (tertiary/aromatic N) is 4. The molecule has 7 nitrogen and oxygen atoms in total. The Morgan fingerprint density at radius 1 is 1.08 bits per heavy atom. The highest BCUT2D eigenvalue weighted by molar-refractivity contribution is 5.88. The summed E-state index contributed by atoms with van der Waals surface area (Å²) in [6, 6.07) is 7.42. The molecule has 0 radical (unpaired) electrons. The van der Waals surface area contributed by atoms with Crippen molar-refractivity contribution in [3.05, 3.63) is 60.8 Å². The van der Waals surface area contributed by atoms with Gasteiger partial charge in [0.2, 0.25) is 0 Å². The molecule has 3 heterocycles. The number of carbonyl (C=O) groups is 1. The molecule has 0 saturated heterocycles. The molecule has 0 bridgehead atoms. The average Bonchev–Trinajstić information content (AvgIpc) is 2.64. The third-order valence-corrected chi connectivity index (χ3v) is 3.12. The summed E-state index contributed by atoms with van der Waals surface area (Å²) in [5, 5.41) is 3.15. The first-order valence-corrected chi connectivity index (χ1v) is 7.39. The van der Waals surface area contributed by atoms with Gasteiger partial charge in [-0.15, -0.1) is 0 Å². The van der Waals surface area contributed by atoms with Crippen LogP contribution < -0.4 is 5.32 Å². The van der Waals surface area contributed by atoms with Crippen molar-refractivity contribution >= 4 is 17.5 Å². The minimum Gasteiger partial charge on any atom is -0.462 e. The van der Waals surface area contributed by atoms with Gasteiger partial charge in [0.15, 0.2) is 5.82 Å². The minimum absolute atomic E-state index is 0.315. The maximum Gasteiger partial charge on any atom is 0.341 e. The fraction of sp³-hybridized carbons (Fsp3) is 0.118. The number of esters is 1. The second-order valence-electron chi connectivity index (χ2n) is 4.81. The molecule has 0 aliphatic carbocycles. The fourth-order valence-electron chi connectivity index (χ4n) is 1.98. The molecule has 0 aliphatic rings. The third-order valence-electron chi connectivity index (χ3n) is 3.12. The van der Waals surface area contributed by atoms with Crippen molar-refractivity contribution in [3.63, 3.8) is 0 Å². The Hall–Kier alpha value is -3.35. The lowest BCUT2D eigenvalue weighted by atomic mass is 10.2. The summed E-state index contributed by atoms with van der Waals surface area (Å²) >= 11 is 0. The summed E-state index contributed by atoms with van der Waals surface area (Å²) in [5.41, 5.74) is 1.93. The maximum absolute atomic E-state index is 11.6. The number of aromatic nitrogens is 4. The zero-order chi connectivity index (χ0) is 16.8. The van der Waals surface area contributed by atoms with Gasteiger partial charge in [0.25, 0.3) is 0 Å². The second-order valence-corrected chi connectivity index (χ2v) is 4.81. The van der Waals surface area contributed by atoms with E-state index in [9.17, 15) is 4.79 Å². The van der Waals surface area contributed by atoms with Gasteiger partial charge in [0.1, 0.15) is 5.82 Å². The summed E-state index contributed by atoms with van der Waals surface area (Å²) in [6.45, 7) is 2.07. The molecule has 0 unspecified atom stereocenters. The van der Waals surface area contributed by atoms with Crippen molar-refractivity contribution in [3.8, 4) is 11.4 Å². The van der Waals surface area contributed by atoms with Crippen molar-refractivity contribution in [2.45, 2.75) is 6.92 Å². The number of hydrogen-bond acceptors (Lipinski definition) is 7. The largest absolute Gasteiger partial charge is 0.462 e. The maximum atomic E-state index is 11.6. The molecular formula is C17H15N5O2. The van der Waals surface area contributed by atoms with Crippen LogP contribution in [0.15, 0.2) is 55.2 Å². The van der Waals surface area contributed by atoms with Crippen molar-refractivity contribution in [1.29, 1.82) is 0 Å². The topological polar surface area (TPSA) is 89.9 Å². The molecule has 0 amide bonds. The molecule has 1 N–H and O–H groups in total. The smallest absolute Gasteiger partial charge is 0.341 e. The average molecular weight is 321 g/mol. The van der Waals surface area contributed by atoms with E-state index in [4.69, 9.17) is 4.74 Å². The first-order valence-electron chi connectivity index (χ1n) is 7.39. The first kappa shape index (κ1) is 15.5. The SMILES string of the molecule is CCOC(=O)c1cnc(-c2ccc(Nc3cccnc3)nc2)nc1. The summed E-state index contributed by atoms with van der Waals surface area (Å²) in [6.07, 6.45) is 7.98. The van der Waals surface area contributed by atoms with Crippen molar-refractivity contribution in [2.24, 2.45) is 0 Å². The van der Waals surface area contributed by atoms with E-state index < -0.39 is 5.97 Å². The summed E-state index contributed by atoms with van der Waals surface area (Å²) in [5.74, 6) is 0.747. The van der Waals surface area contributed by atoms with Crippen LogP contribution in [0, 0.1) is 0 Å². The zero-order valence-corrected chi connectivity index (χ0v) is 13.0. The Bertz CT molecular complexity index is 805. The fourth-order valence-corrected chi connectivity index (χ4v) is 1.98. The van der Waals surface area contributed by atoms with Gasteiger partial charge in [-0.25, -0.2) is 19.7 Å². The Morgan fingerprint density at radius 3 is 2.54 bits per heavy atom. The van der Waals surface area contributed by atoms with E-state index in [1.54, 1.807) is 25.5 Å². The van der Waals surface area contributed by atoms with Crippen LogP contribution in [0.1, 0.15) is 17.3 Å². The Kier molecular flexibility index (Phi) is 4.71. The van der Waals surface area contributed by atoms with Crippen LogP contribution in [-0.4, -0.2) is 32.5 Å². The highest BCUT2D eigenvalue weighted by Crippen LogP contribution is 2.18. The number of ether oxygens (including phenoxy) is 1. The zero-order valence-electron chi connectivity index (χ0n) is 13.0. The molecule has 0 fully saturated rings. The summed E-state index contributed by atoms with van der Waals surface area (Å²) in [4.78, 5) is 28.3. The second kappa shape index (κ2) is 7.28. The standard InChI is InChI=1S/C17H15N5O2/c1-2-24-17(23)13-9-20-16(21-10-13)12-5-6-15(19-8-12)22-14-4-3-7-18-11-14/h3-11H,2H2,1H3,(H,19,22). The molecule has 0 aliphatic heterocycles. The van der Waals surface area contributed by atoms with Gasteiger partial charge < -0.3 is 10.1 Å². The minimum atomic E-state index is -0.432. The Balaban J connectivity index is 1.72. The van der Waals surface area contributed by atoms with Gasteiger partial charge >= 0.3 is 5.97 Å². The Labute approximate surface area is 138 Å². The molecule has 0 aromatic carbocycles. The lowest BCUT2D eigenvalue weighted by Gasteiger charge is -2.06. The summed E-state index contributed by atoms with van der Waals surface area (Å²) < 4.78 is 4.90. The van der Waals surface area contributed by atoms with Crippen molar-refractivity contribution in [2.75, 3.05) is 11.9 Å². The van der Waals surface area contributed by atoms with Crippen LogP contribution in [0.25, 0.3) is 11.4 Å². The highest BCUT2D eigenvalue weighted by Gasteiger charge is 2.09. The van der Waals surface area contributed by atoms with E-state index in [2.05, 4.69) is 25.3 Å². The number of anilines is 2. The molecular weight excluding hydrogens is 306 g/mol. The van der Waals surface area contributed by atoms with Crippen molar-refractivity contribution in [1.82, 2.24) is 19.9 Å². The monoisotopic (exact) mass is 321 g/mol. The number of carbonyl (C=O) groups excluding carboxylic acids is 1. The predicted octanol–water partition coefficient (Wildman–Crippen LogP) is 2.85. The number of hydrogen-bond donors (Lipinski definition) is 1. The van der Waals surface area contributed by atoms with Gasteiger partial charge in [-0.1, -0.05) is 0 Å². The van der Waals surface area contributed by atoms with E-state index in [1.807, 2.05) is 24.3 Å². The molecule has 3 aromatic heterocycles. The van der Waals surface area contributed by atoms with Crippen LogP contribution >= 0.6 is 0 Å². The van der Waals surface area contributed by atoms with E-state index in [0.29, 0.717) is 23.8 Å². The normalized spacial score (nSPS) is 10.2. The van der Waals surface area contributed by atoms with Gasteiger partial charge in [-0.3, -0.25) is 4.98 Å². The lowest BCUT2D eigenvalue weighted by Crippen LogP contribution is -2.06. The third kappa shape index (κ3) is 3.70. The number of pyridine rings is 2. The van der Waals surface area contributed by atoms with Crippen LogP contribution in [0.4, 0.5) is 11.5 Å². The molecule has 3 rings (SSSR count). The summed E-state index contributed by atoms with van der Waals surface area (Å²) in [7, 11) is 0. The molecule has 0 saturated carbocycles. The first-order chi connectivity index (χ1) is 11.8. The Morgan fingerprint density at radius 2 is 1.92 bits per heavy atom. The molecule has 3 aromatic rings. The quantitative estimate of drug-likeness (QED) is 0.723. The molecule has 24 heavy (non-hydrogen) atoms. The van der Waals surface area contributed by atoms with Gasteiger partial charge in [-0.2, -0.15) is 0 Å². The van der Waals surface area contributed by atoms with E-state index in [1.165, 1.54) is 12.4 Å². The molecule has 120 valence electrons.